The van der Waals surface area contributed by atoms with Crippen molar-refractivity contribution in [2.45, 2.75) is 32.8 Å². The fourth-order valence-electron chi connectivity index (χ4n) is 1.60. The Balaban J connectivity index is 2.85. The Bertz CT molecular complexity index is 332. The minimum atomic E-state index is -0.919. The molecule has 2 atom stereocenters. The second-order valence-electron chi connectivity index (χ2n) is 3.65. The summed E-state index contributed by atoms with van der Waals surface area (Å²) in [6.07, 6.45) is 0.397. The number of carboxylic acids is 1. The molecular weight excluding hydrogens is 212 g/mol. The van der Waals surface area contributed by atoms with Crippen molar-refractivity contribution in [3.05, 3.63) is 21.9 Å². The van der Waals surface area contributed by atoms with E-state index in [1.807, 2.05) is 25.3 Å². The molecule has 2 N–H and O–H groups in total. The van der Waals surface area contributed by atoms with E-state index < -0.39 is 18.0 Å². The number of aryl methyl sites for hydroxylation is 1. The van der Waals surface area contributed by atoms with Crippen molar-refractivity contribution >= 4 is 17.3 Å². The molecule has 84 valence electrons. The Morgan fingerprint density at radius 3 is 2.67 bits per heavy atom. The van der Waals surface area contributed by atoms with Gasteiger partial charge in [0.15, 0.2) is 0 Å². The highest BCUT2D eigenvalue weighted by molar-refractivity contribution is 7.10. The second kappa shape index (κ2) is 5.28. The van der Waals surface area contributed by atoms with E-state index in [9.17, 15) is 9.90 Å². The molecule has 0 aliphatic rings. The predicted molar refractivity (Wildman–Crippen MR) is 60.0 cm³/mol. The van der Waals surface area contributed by atoms with E-state index in [1.165, 1.54) is 11.3 Å². The van der Waals surface area contributed by atoms with E-state index in [0.29, 0.717) is 6.42 Å². The quantitative estimate of drug-likeness (QED) is 0.814. The lowest BCUT2D eigenvalue weighted by Crippen LogP contribution is -2.21. The fourth-order valence-corrected chi connectivity index (χ4v) is 2.57. The van der Waals surface area contributed by atoms with E-state index in [1.54, 1.807) is 0 Å². The maximum absolute atomic E-state index is 11.0. The zero-order chi connectivity index (χ0) is 11.4. The Kier molecular flexibility index (Phi) is 4.29. The van der Waals surface area contributed by atoms with Crippen molar-refractivity contribution in [3.63, 3.8) is 0 Å². The smallest absolute Gasteiger partial charge is 0.309 e. The van der Waals surface area contributed by atoms with Crippen LogP contribution in [0, 0.1) is 12.8 Å². The van der Waals surface area contributed by atoms with Gasteiger partial charge in [0.1, 0.15) is 6.10 Å². The van der Waals surface area contributed by atoms with Crippen LogP contribution in [0.3, 0.4) is 0 Å². The van der Waals surface area contributed by atoms with Gasteiger partial charge in [0.2, 0.25) is 0 Å². The Morgan fingerprint density at radius 2 is 2.27 bits per heavy atom. The van der Waals surface area contributed by atoms with Gasteiger partial charge in [-0.2, -0.15) is 0 Å². The molecule has 0 aliphatic heterocycles. The highest BCUT2D eigenvalue weighted by Gasteiger charge is 2.28. The Hall–Kier alpha value is -0.870. The maximum Gasteiger partial charge on any atom is 0.309 e. The average molecular weight is 228 g/mol. The van der Waals surface area contributed by atoms with Crippen molar-refractivity contribution in [3.8, 4) is 0 Å². The van der Waals surface area contributed by atoms with Gasteiger partial charge in [-0.1, -0.05) is 13.3 Å². The minimum absolute atomic E-state index is 0.508. The summed E-state index contributed by atoms with van der Waals surface area (Å²) in [5.74, 6) is -1.61. The Labute approximate surface area is 93.4 Å². The first-order valence-corrected chi connectivity index (χ1v) is 5.90. The molecule has 1 heterocycles. The molecule has 1 rings (SSSR count). The summed E-state index contributed by atoms with van der Waals surface area (Å²) in [6.45, 7) is 3.81. The van der Waals surface area contributed by atoms with Crippen LogP contribution in [-0.4, -0.2) is 16.2 Å². The number of aliphatic hydroxyl groups is 1. The largest absolute Gasteiger partial charge is 0.481 e. The molecule has 0 fully saturated rings. The summed E-state index contributed by atoms with van der Waals surface area (Å²) in [4.78, 5) is 11.8. The molecule has 1 aromatic rings. The number of aliphatic hydroxyl groups excluding tert-OH is 1. The van der Waals surface area contributed by atoms with Crippen molar-refractivity contribution in [2.24, 2.45) is 5.92 Å². The van der Waals surface area contributed by atoms with Gasteiger partial charge in [0.05, 0.1) is 5.92 Å². The van der Waals surface area contributed by atoms with Gasteiger partial charge in [0, 0.05) is 4.88 Å². The molecule has 1 aromatic heterocycles. The summed E-state index contributed by atoms with van der Waals surface area (Å²) in [7, 11) is 0. The number of aliphatic carboxylic acids is 1. The first-order valence-electron chi connectivity index (χ1n) is 5.02. The van der Waals surface area contributed by atoms with Gasteiger partial charge in [-0.25, -0.2) is 0 Å². The van der Waals surface area contributed by atoms with Crippen LogP contribution in [0.1, 0.15) is 36.3 Å². The van der Waals surface area contributed by atoms with E-state index in [0.717, 1.165) is 16.9 Å². The van der Waals surface area contributed by atoms with Crippen LogP contribution in [0.2, 0.25) is 0 Å². The molecule has 0 aromatic carbocycles. The summed E-state index contributed by atoms with van der Waals surface area (Å²) in [5.41, 5.74) is 0.967. The third-order valence-corrected chi connectivity index (χ3v) is 3.56. The van der Waals surface area contributed by atoms with Crippen molar-refractivity contribution in [1.29, 1.82) is 0 Å². The van der Waals surface area contributed by atoms with E-state index in [-0.39, 0.29) is 0 Å². The minimum Gasteiger partial charge on any atom is -0.481 e. The second-order valence-corrected chi connectivity index (χ2v) is 4.59. The monoisotopic (exact) mass is 228 g/mol. The SMILES string of the molecule is CCCC(C(=O)O)C(O)c1sccc1C. The number of rotatable bonds is 5. The molecule has 15 heavy (non-hydrogen) atoms. The topological polar surface area (TPSA) is 57.5 Å². The van der Waals surface area contributed by atoms with E-state index >= 15 is 0 Å². The lowest BCUT2D eigenvalue weighted by Gasteiger charge is -2.18. The third-order valence-electron chi connectivity index (χ3n) is 2.47. The van der Waals surface area contributed by atoms with Crippen molar-refractivity contribution in [1.82, 2.24) is 0 Å². The number of hydrogen-bond donors (Lipinski definition) is 2. The van der Waals surface area contributed by atoms with Crippen LogP contribution in [0.4, 0.5) is 0 Å². The van der Waals surface area contributed by atoms with Crippen molar-refractivity contribution < 1.29 is 15.0 Å². The molecule has 4 heteroatoms. The molecule has 0 amide bonds. The van der Waals surface area contributed by atoms with Crippen LogP contribution in [-0.2, 0) is 4.79 Å². The third kappa shape index (κ3) is 2.79. The van der Waals surface area contributed by atoms with Crippen LogP contribution >= 0.6 is 11.3 Å². The first-order chi connectivity index (χ1) is 7.07. The van der Waals surface area contributed by atoms with E-state index in [2.05, 4.69) is 0 Å². The Morgan fingerprint density at radius 1 is 1.60 bits per heavy atom. The van der Waals surface area contributed by atoms with Crippen LogP contribution in [0.25, 0.3) is 0 Å². The fraction of sp³-hybridized carbons (Fsp3) is 0.545. The van der Waals surface area contributed by atoms with Gasteiger partial charge < -0.3 is 10.2 Å². The van der Waals surface area contributed by atoms with Crippen LogP contribution < -0.4 is 0 Å². The molecule has 0 bridgehead atoms. The summed E-state index contributed by atoms with van der Waals surface area (Å²) < 4.78 is 0. The lowest BCUT2D eigenvalue weighted by atomic mass is 9.95. The molecule has 3 nitrogen and oxygen atoms in total. The molecule has 2 unspecified atom stereocenters. The lowest BCUT2D eigenvalue weighted by molar-refractivity contribution is -0.146. The average Bonchev–Trinajstić information content (AvgIpc) is 2.59. The number of hydrogen-bond acceptors (Lipinski definition) is 3. The summed E-state index contributed by atoms with van der Waals surface area (Å²) in [6, 6.07) is 1.90. The molecule has 0 aliphatic carbocycles. The molecule has 0 saturated heterocycles. The van der Waals surface area contributed by atoms with Gasteiger partial charge in [-0.15, -0.1) is 11.3 Å². The van der Waals surface area contributed by atoms with Gasteiger partial charge in [-0.3, -0.25) is 4.79 Å². The number of carboxylic acid groups (broad SMARTS) is 1. The van der Waals surface area contributed by atoms with Gasteiger partial charge in [0.25, 0.3) is 0 Å². The normalized spacial score (nSPS) is 14.9. The zero-order valence-corrected chi connectivity index (χ0v) is 9.75. The first kappa shape index (κ1) is 12.2. The van der Waals surface area contributed by atoms with Gasteiger partial charge in [-0.05, 0) is 30.4 Å². The highest BCUT2D eigenvalue weighted by atomic mass is 32.1. The predicted octanol–water partition coefficient (Wildman–Crippen LogP) is 2.59. The summed E-state index contributed by atoms with van der Waals surface area (Å²) >= 11 is 1.42. The maximum atomic E-state index is 11.0. The molecular formula is C11H16O3S. The van der Waals surface area contributed by atoms with Crippen LogP contribution in [0.5, 0.6) is 0 Å². The highest BCUT2D eigenvalue weighted by Crippen LogP contribution is 2.31. The van der Waals surface area contributed by atoms with Crippen LogP contribution in [0.15, 0.2) is 11.4 Å². The van der Waals surface area contributed by atoms with E-state index in [4.69, 9.17) is 5.11 Å². The molecule has 0 spiro atoms. The number of thiophene rings is 1. The van der Waals surface area contributed by atoms with Gasteiger partial charge >= 0.3 is 5.97 Å². The van der Waals surface area contributed by atoms with Crippen molar-refractivity contribution in [2.75, 3.05) is 0 Å². The zero-order valence-electron chi connectivity index (χ0n) is 8.93. The molecule has 0 saturated carbocycles. The number of carbonyl (C=O) groups is 1. The molecule has 0 radical (unpaired) electrons. The standard InChI is InChI=1S/C11H16O3S/c1-3-4-8(11(13)14)9(12)10-7(2)5-6-15-10/h5-6,8-9,12H,3-4H2,1-2H3,(H,13,14). The summed E-state index contributed by atoms with van der Waals surface area (Å²) in [5, 5.41) is 20.9.